The van der Waals surface area contributed by atoms with Crippen LogP contribution in [0, 0.1) is 5.92 Å². The molecule has 2 aliphatic rings. The van der Waals surface area contributed by atoms with Crippen LogP contribution in [-0.4, -0.2) is 53.9 Å². The van der Waals surface area contributed by atoms with Crippen molar-refractivity contribution in [3.8, 4) is 0 Å². The zero-order valence-corrected chi connectivity index (χ0v) is 15.0. The maximum Gasteiger partial charge on any atom is 0.127 e. The summed E-state index contributed by atoms with van der Waals surface area (Å²) in [6.07, 6.45) is 9.87. The van der Waals surface area contributed by atoms with Gasteiger partial charge >= 0.3 is 0 Å². The molecule has 5 nitrogen and oxygen atoms in total. The molecule has 0 atom stereocenters. The van der Waals surface area contributed by atoms with Gasteiger partial charge in [-0.3, -0.25) is 14.9 Å². The van der Waals surface area contributed by atoms with Crippen molar-refractivity contribution < 1.29 is 0 Å². The maximum absolute atomic E-state index is 4.11. The molecule has 0 radical (unpaired) electrons. The predicted molar refractivity (Wildman–Crippen MR) is 94.2 cm³/mol. The molecule has 1 saturated heterocycles. The molecule has 0 aromatic carbocycles. The van der Waals surface area contributed by atoms with E-state index in [2.05, 4.69) is 55.1 Å². The topological polar surface area (TPSA) is 43.2 Å². The minimum atomic E-state index is 0.312. The molecule has 5 heteroatoms. The molecule has 2 heterocycles. The van der Waals surface area contributed by atoms with E-state index in [1.807, 2.05) is 5.01 Å². The van der Waals surface area contributed by atoms with Crippen molar-refractivity contribution in [1.82, 2.24) is 15.3 Å². The fourth-order valence-corrected chi connectivity index (χ4v) is 3.97. The molecule has 22 heavy (non-hydrogen) atoms. The van der Waals surface area contributed by atoms with Crippen LogP contribution >= 0.6 is 0 Å². The predicted octanol–water partition coefficient (Wildman–Crippen LogP) is 2.89. The van der Waals surface area contributed by atoms with E-state index in [9.17, 15) is 0 Å². The monoisotopic (exact) mass is 307 g/mol. The summed E-state index contributed by atoms with van der Waals surface area (Å²) in [5.41, 5.74) is 3.99. The SMILES string of the molecule is CN1C(C)(C)CC(CCCCNN2C=NC=NC2)CC1(C)C. The van der Waals surface area contributed by atoms with Gasteiger partial charge in [0.2, 0.25) is 0 Å². The molecule has 2 aliphatic heterocycles. The minimum absolute atomic E-state index is 0.312. The van der Waals surface area contributed by atoms with Crippen LogP contribution < -0.4 is 5.43 Å². The van der Waals surface area contributed by atoms with Crippen LogP contribution in [-0.2, 0) is 0 Å². The number of unbranched alkanes of at least 4 members (excludes halogenated alkanes) is 1. The number of nitrogens with one attached hydrogen (secondary N) is 1. The van der Waals surface area contributed by atoms with Crippen LogP contribution in [0.1, 0.15) is 59.8 Å². The second-order valence-electron chi connectivity index (χ2n) is 8.04. The molecule has 0 aromatic heterocycles. The van der Waals surface area contributed by atoms with Crippen molar-refractivity contribution in [2.45, 2.75) is 70.9 Å². The van der Waals surface area contributed by atoms with Crippen LogP contribution in [0.3, 0.4) is 0 Å². The summed E-state index contributed by atoms with van der Waals surface area (Å²) in [6, 6.07) is 0. The highest BCUT2D eigenvalue weighted by Crippen LogP contribution is 2.41. The fourth-order valence-electron chi connectivity index (χ4n) is 3.97. The Morgan fingerprint density at radius 2 is 1.82 bits per heavy atom. The van der Waals surface area contributed by atoms with Gasteiger partial charge in [0.05, 0.1) is 0 Å². The number of rotatable bonds is 6. The van der Waals surface area contributed by atoms with E-state index in [1.165, 1.54) is 32.1 Å². The third-order valence-corrected chi connectivity index (χ3v) is 5.33. The van der Waals surface area contributed by atoms with Crippen LogP contribution in [0.4, 0.5) is 0 Å². The second-order valence-corrected chi connectivity index (χ2v) is 8.04. The van der Waals surface area contributed by atoms with Gasteiger partial charge in [-0.25, -0.2) is 10.4 Å². The Labute approximate surface area is 135 Å². The third kappa shape index (κ3) is 4.53. The molecule has 0 spiro atoms. The number of hydrazine groups is 1. The van der Waals surface area contributed by atoms with Crippen molar-refractivity contribution in [1.29, 1.82) is 0 Å². The first-order chi connectivity index (χ1) is 10.3. The van der Waals surface area contributed by atoms with Crippen molar-refractivity contribution in [3.63, 3.8) is 0 Å². The van der Waals surface area contributed by atoms with Gasteiger partial charge in [-0.05, 0) is 59.9 Å². The van der Waals surface area contributed by atoms with Crippen LogP contribution in [0.5, 0.6) is 0 Å². The summed E-state index contributed by atoms with van der Waals surface area (Å²) >= 11 is 0. The second kappa shape index (κ2) is 7.09. The fraction of sp³-hybridized carbons (Fsp3) is 0.882. The largest absolute Gasteiger partial charge is 0.296 e. The van der Waals surface area contributed by atoms with Gasteiger partial charge < -0.3 is 0 Å². The van der Waals surface area contributed by atoms with Crippen LogP contribution in [0.2, 0.25) is 0 Å². The summed E-state index contributed by atoms with van der Waals surface area (Å²) in [7, 11) is 2.28. The number of hydrogen-bond acceptors (Lipinski definition) is 5. The molecular formula is C17H33N5. The Hall–Kier alpha value is -0.940. The molecule has 1 fully saturated rings. The van der Waals surface area contributed by atoms with Gasteiger partial charge in [0.1, 0.15) is 19.3 Å². The number of hydrogen-bond donors (Lipinski definition) is 1. The molecule has 2 rings (SSSR count). The van der Waals surface area contributed by atoms with Crippen LogP contribution in [0.15, 0.2) is 9.98 Å². The van der Waals surface area contributed by atoms with Crippen molar-refractivity contribution in [3.05, 3.63) is 0 Å². The number of likely N-dealkylation sites (tertiary alicyclic amines) is 1. The van der Waals surface area contributed by atoms with E-state index >= 15 is 0 Å². The van der Waals surface area contributed by atoms with E-state index in [1.54, 1.807) is 12.7 Å². The first-order valence-electron chi connectivity index (χ1n) is 8.57. The highest BCUT2D eigenvalue weighted by molar-refractivity contribution is 5.72. The lowest BCUT2D eigenvalue weighted by atomic mass is 9.72. The van der Waals surface area contributed by atoms with E-state index in [0.717, 1.165) is 12.5 Å². The average molecular weight is 307 g/mol. The normalized spacial score (nSPS) is 24.9. The Bertz CT molecular complexity index is 395. The van der Waals surface area contributed by atoms with Gasteiger partial charge in [0, 0.05) is 17.6 Å². The number of piperidine rings is 1. The molecule has 0 unspecified atom stereocenters. The summed E-state index contributed by atoms with van der Waals surface area (Å²) < 4.78 is 0. The first-order valence-corrected chi connectivity index (χ1v) is 8.57. The molecule has 1 N–H and O–H groups in total. The Morgan fingerprint density at radius 3 is 2.41 bits per heavy atom. The summed E-state index contributed by atoms with van der Waals surface area (Å²) in [5.74, 6) is 0.849. The van der Waals surface area contributed by atoms with Gasteiger partial charge in [-0.15, -0.1) is 0 Å². The minimum Gasteiger partial charge on any atom is -0.296 e. The molecule has 0 aromatic rings. The van der Waals surface area contributed by atoms with Gasteiger partial charge in [-0.2, -0.15) is 0 Å². The van der Waals surface area contributed by atoms with E-state index < -0.39 is 0 Å². The Balaban J connectivity index is 1.66. The van der Waals surface area contributed by atoms with Crippen molar-refractivity contribution in [2.75, 3.05) is 20.3 Å². The Kier molecular flexibility index (Phi) is 5.61. The third-order valence-electron chi connectivity index (χ3n) is 5.33. The summed E-state index contributed by atoms with van der Waals surface area (Å²) in [6.45, 7) is 11.2. The van der Waals surface area contributed by atoms with Crippen molar-refractivity contribution in [2.24, 2.45) is 15.9 Å². The standard InChI is InChI=1S/C17H33N5/c1-16(2)10-15(11-17(3,4)21(16)5)8-6-7-9-20-22-13-18-12-19-14-22/h12-13,15,20H,6-11,14H2,1-5H3. The van der Waals surface area contributed by atoms with E-state index in [0.29, 0.717) is 17.7 Å². The molecule has 0 aliphatic carbocycles. The molecule has 0 amide bonds. The van der Waals surface area contributed by atoms with Crippen molar-refractivity contribution >= 4 is 12.7 Å². The molecular weight excluding hydrogens is 274 g/mol. The van der Waals surface area contributed by atoms with Gasteiger partial charge in [0.15, 0.2) is 0 Å². The zero-order valence-electron chi connectivity index (χ0n) is 15.0. The molecule has 0 bridgehead atoms. The number of aliphatic imine (C=N–C) groups is 2. The maximum atomic E-state index is 4.11. The van der Waals surface area contributed by atoms with Gasteiger partial charge in [-0.1, -0.05) is 12.8 Å². The zero-order chi connectivity index (χ0) is 16.2. The van der Waals surface area contributed by atoms with Crippen LogP contribution in [0.25, 0.3) is 0 Å². The van der Waals surface area contributed by atoms with E-state index in [-0.39, 0.29) is 0 Å². The highest BCUT2D eigenvalue weighted by Gasteiger charge is 2.42. The quantitative estimate of drug-likeness (QED) is 0.767. The summed E-state index contributed by atoms with van der Waals surface area (Å²) in [5, 5.41) is 1.95. The lowest BCUT2D eigenvalue weighted by Gasteiger charge is -2.54. The van der Waals surface area contributed by atoms with Gasteiger partial charge in [0.25, 0.3) is 0 Å². The molecule has 126 valence electrons. The smallest absolute Gasteiger partial charge is 0.127 e. The first kappa shape index (κ1) is 17.4. The lowest BCUT2D eigenvalue weighted by molar-refractivity contribution is -0.0321. The highest BCUT2D eigenvalue weighted by atomic mass is 15.5. The molecule has 0 saturated carbocycles. The Morgan fingerprint density at radius 1 is 1.14 bits per heavy atom. The lowest BCUT2D eigenvalue weighted by Crippen LogP contribution is -2.58. The average Bonchev–Trinajstić information content (AvgIpc) is 2.45. The summed E-state index contributed by atoms with van der Waals surface area (Å²) in [4.78, 5) is 10.7. The van der Waals surface area contributed by atoms with E-state index in [4.69, 9.17) is 0 Å². The number of nitrogens with zero attached hydrogens (tertiary/aromatic N) is 4.